The first-order valence-corrected chi connectivity index (χ1v) is 3.80. The first-order chi connectivity index (χ1) is 4.38. The summed E-state index contributed by atoms with van der Waals surface area (Å²) in [6.07, 6.45) is 4.67. The second-order valence-electron chi connectivity index (χ2n) is 2.59. The van der Waals surface area contributed by atoms with Gasteiger partial charge in [0, 0.05) is 6.54 Å². The lowest BCUT2D eigenvalue weighted by atomic mass is 9.98. The van der Waals surface area contributed by atoms with Gasteiger partial charge in [0.05, 0.1) is 0 Å². The van der Waals surface area contributed by atoms with Crippen LogP contribution in [0.5, 0.6) is 0 Å². The Morgan fingerprint density at radius 3 is 2.89 bits per heavy atom. The van der Waals surface area contributed by atoms with E-state index in [1.807, 2.05) is 0 Å². The van der Waals surface area contributed by atoms with Crippen LogP contribution in [0.25, 0.3) is 0 Å². The summed E-state index contributed by atoms with van der Waals surface area (Å²) in [7, 11) is 0. The summed E-state index contributed by atoms with van der Waals surface area (Å²) >= 11 is 0. The zero-order valence-electron chi connectivity index (χ0n) is 6.28. The monoisotopic (exact) mass is 125 g/mol. The molecule has 0 aromatic rings. The number of rotatable bonds is 2. The van der Waals surface area contributed by atoms with E-state index in [9.17, 15) is 0 Å². The quantitative estimate of drug-likeness (QED) is 0.594. The predicted octanol–water partition coefficient (Wildman–Crippen LogP) is 1.91. The van der Waals surface area contributed by atoms with Gasteiger partial charge in [0.2, 0.25) is 0 Å². The van der Waals surface area contributed by atoms with E-state index >= 15 is 0 Å². The lowest BCUT2D eigenvalue weighted by molar-refractivity contribution is 0.596. The molecule has 0 aromatic carbocycles. The SMILES string of the molecule is CCC1=CNCC1CC. The van der Waals surface area contributed by atoms with Crippen molar-refractivity contribution in [3.8, 4) is 0 Å². The van der Waals surface area contributed by atoms with Gasteiger partial charge in [0.15, 0.2) is 0 Å². The van der Waals surface area contributed by atoms with E-state index < -0.39 is 0 Å². The minimum absolute atomic E-state index is 0.829. The van der Waals surface area contributed by atoms with Gasteiger partial charge in [-0.05, 0) is 30.5 Å². The Morgan fingerprint density at radius 1 is 1.67 bits per heavy atom. The minimum atomic E-state index is 0.829. The maximum absolute atomic E-state index is 3.26. The fourth-order valence-electron chi connectivity index (χ4n) is 1.38. The molecule has 1 aliphatic heterocycles. The molecule has 1 aliphatic rings. The molecule has 1 unspecified atom stereocenters. The molecule has 1 atom stereocenters. The molecular weight excluding hydrogens is 110 g/mol. The van der Waals surface area contributed by atoms with E-state index in [2.05, 4.69) is 25.4 Å². The number of hydrogen-bond acceptors (Lipinski definition) is 1. The van der Waals surface area contributed by atoms with Gasteiger partial charge >= 0.3 is 0 Å². The average molecular weight is 125 g/mol. The Balaban J connectivity index is 2.47. The fourth-order valence-corrected chi connectivity index (χ4v) is 1.38. The van der Waals surface area contributed by atoms with E-state index in [1.165, 1.54) is 19.4 Å². The third kappa shape index (κ3) is 1.26. The highest BCUT2D eigenvalue weighted by atomic mass is 14.9. The molecule has 0 radical (unpaired) electrons. The van der Waals surface area contributed by atoms with Gasteiger partial charge in [0.25, 0.3) is 0 Å². The third-order valence-corrected chi connectivity index (χ3v) is 2.08. The Bertz CT molecular complexity index is 116. The molecule has 1 N–H and O–H groups in total. The normalized spacial score (nSPS) is 25.6. The summed E-state index contributed by atoms with van der Waals surface area (Å²) in [6, 6.07) is 0. The van der Waals surface area contributed by atoms with E-state index in [-0.39, 0.29) is 0 Å². The van der Waals surface area contributed by atoms with Crippen molar-refractivity contribution in [2.75, 3.05) is 6.54 Å². The molecular formula is C8H15N. The van der Waals surface area contributed by atoms with Crippen LogP contribution in [0.4, 0.5) is 0 Å². The summed E-state index contributed by atoms with van der Waals surface area (Å²) in [5, 5.41) is 3.26. The maximum atomic E-state index is 3.26. The van der Waals surface area contributed by atoms with Crippen LogP contribution in [0.3, 0.4) is 0 Å². The van der Waals surface area contributed by atoms with Gasteiger partial charge in [-0.15, -0.1) is 0 Å². The van der Waals surface area contributed by atoms with Gasteiger partial charge < -0.3 is 5.32 Å². The highest BCUT2D eigenvalue weighted by Crippen LogP contribution is 2.20. The van der Waals surface area contributed by atoms with Gasteiger partial charge in [-0.25, -0.2) is 0 Å². The highest BCUT2D eigenvalue weighted by molar-refractivity contribution is 5.10. The van der Waals surface area contributed by atoms with Gasteiger partial charge in [-0.2, -0.15) is 0 Å². The number of hydrogen-bond donors (Lipinski definition) is 1. The lowest BCUT2D eigenvalue weighted by Gasteiger charge is -2.07. The Labute approximate surface area is 57.1 Å². The molecule has 0 aromatic heterocycles. The van der Waals surface area contributed by atoms with Crippen molar-refractivity contribution in [2.24, 2.45) is 5.92 Å². The molecule has 0 saturated carbocycles. The summed E-state index contributed by atoms with van der Waals surface area (Å²) in [6.45, 7) is 5.64. The van der Waals surface area contributed by atoms with Crippen molar-refractivity contribution in [1.82, 2.24) is 5.32 Å². The van der Waals surface area contributed by atoms with Crippen LogP contribution in [0.1, 0.15) is 26.7 Å². The average Bonchev–Trinajstić information content (AvgIpc) is 2.33. The fraction of sp³-hybridized carbons (Fsp3) is 0.750. The molecule has 0 fully saturated rings. The topological polar surface area (TPSA) is 12.0 Å². The zero-order valence-corrected chi connectivity index (χ0v) is 6.28. The van der Waals surface area contributed by atoms with Crippen molar-refractivity contribution in [2.45, 2.75) is 26.7 Å². The minimum Gasteiger partial charge on any atom is -0.390 e. The lowest BCUT2D eigenvalue weighted by Crippen LogP contribution is -2.08. The van der Waals surface area contributed by atoms with Crippen molar-refractivity contribution in [3.05, 3.63) is 11.8 Å². The smallest absolute Gasteiger partial charge is 0.0207 e. The summed E-state index contributed by atoms with van der Waals surface area (Å²) < 4.78 is 0. The van der Waals surface area contributed by atoms with Crippen molar-refractivity contribution in [3.63, 3.8) is 0 Å². The molecule has 0 bridgehead atoms. The molecule has 0 saturated heterocycles. The van der Waals surface area contributed by atoms with E-state index in [0.717, 1.165) is 5.92 Å². The van der Waals surface area contributed by atoms with Crippen LogP contribution in [-0.4, -0.2) is 6.54 Å². The molecule has 52 valence electrons. The molecule has 9 heavy (non-hydrogen) atoms. The van der Waals surface area contributed by atoms with Crippen LogP contribution in [0.15, 0.2) is 11.8 Å². The first kappa shape index (κ1) is 6.66. The van der Waals surface area contributed by atoms with Crippen LogP contribution < -0.4 is 5.32 Å². The highest BCUT2D eigenvalue weighted by Gasteiger charge is 2.14. The summed E-state index contributed by atoms with van der Waals surface area (Å²) in [5.41, 5.74) is 1.59. The van der Waals surface area contributed by atoms with Crippen LogP contribution >= 0.6 is 0 Å². The van der Waals surface area contributed by atoms with E-state index in [1.54, 1.807) is 5.57 Å². The van der Waals surface area contributed by atoms with E-state index in [4.69, 9.17) is 0 Å². The second-order valence-corrected chi connectivity index (χ2v) is 2.59. The van der Waals surface area contributed by atoms with Crippen LogP contribution in [0, 0.1) is 5.92 Å². The van der Waals surface area contributed by atoms with Crippen molar-refractivity contribution in [1.29, 1.82) is 0 Å². The molecule has 0 aliphatic carbocycles. The molecule has 1 heteroatoms. The Kier molecular flexibility index (Phi) is 2.15. The molecule has 0 amide bonds. The molecule has 1 heterocycles. The Morgan fingerprint density at radius 2 is 2.44 bits per heavy atom. The molecule has 0 spiro atoms. The molecule has 1 rings (SSSR count). The van der Waals surface area contributed by atoms with E-state index in [0.29, 0.717) is 0 Å². The zero-order chi connectivity index (χ0) is 6.69. The van der Waals surface area contributed by atoms with Crippen LogP contribution in [-0.2, 0) is 0 Å². The predicted molar refractivity (Wildman–Crippen MR) is 40.2 cm³/mol. The largest absolute Gasteiger partial charge is 0.390 e. The maximum Gasteiger partial charge on any atom is 0.0207 e. The van der Waals surface area contributed by atoms with Crippen LogP contribution in [0.2, 0.25) is 0 Å². The molecule has 1 nitrogen and oxygen atoms in total. The first-order valence-electron chi connectivity index (χ1n) is 3.80. The number of nitrogens with one attached hydrogen (secondary N) is 1. The van der Waals surface area contributed by atoms with Gasteiger partial charge in [0.1, 0.15) is 0 Å². The standard InChI is InChI=1S/C8H15N/c1-3-7-5-9-6-8(7)4-2/h5,8-9H,3-4,6H2,1-2H3. The summed E-state index contributed by atoms with van der Waals surface area (Å²) in [4.78, 5) is 0. The summed E-state index contributed by atoms with van der Waals surface area (Å²) in [5.74, 6) is 0.829. The third-order valence-electron chi connectivity index (χ3n) is 2.08. The van der Waals surface area contributed by atoms with Crippen molar-refractivity contribution >= 4 is 0 Å². The van der Waals surface area contributed by atoms with Gasteiger partial charge in [-0.1, -0.05) is 13.8 Å². The van der Waals surface area contributed by atoms with Gasteiger partial charge in [-0.3, -0.25) is 0 Å². The van der Waals surface area contributed by atoms with Crippen molar-refractivity contribution < 1.29 is 0 Å². The second kappa shape index (κ2) is 2.90. The Hall–Kier alpha value is -0.460.